The van der Waals surface area contributed by atoms with Crippen LogP contribution in [0.15, 0.2) is 42.5 Å². The van der Waals surface area contributed by atoms with E-state index < -0.39 is 28.3 Å². The van der Waals surface area contributed by atoms with E-state index in [9.17, 15) is 19.2 Å². The van der Waals surface area contributed by atoms with Crippen LogP contribution in [0.1, 0.15) is 27.9 Å². The summed E-state index contributed by atoms with van der Waals surface area (Å²) in [6.07, 6.45) is -0.155. The van der Waals surface area contributed by atoms with E-state index in [1.807, 2.05) is 26.0 Å². The van der Waals surface area contributed by atoms with Crippen molar-refractivity contribution in [3.8, 4) is 0 Å². The molecular formula is C20H18N2O5S. The number of thioether (sulfide) groups is 1. The molecule has 0 aliphatic carbocycles. The predicted molar refractivity (Wildman–Crippen MR) is 107 cm³/mol. The number of amides is 3. The summed E-state index contributed by atoms with van der Waals surface area (Å²) in [6.45, 7) is 3.70. The van der Waals surface area contributed by atoms with Crippen molar-refractivity contribution in [3.05, 3.63) is 59.2 Å². The van der Waals surface area contributed by atoms with Crippen LogP contribution in [0.25, 0.3) is 0 Å². The molecule has 144 valence electrons. The molecule has 2 aromatic carbocycles. The van der Waals surface area contributed by atoms with Gasteiger partial charge in [-0.05, 0) is 67.1 Å². The summed E-state index contributed by atoms with van der Waals surface area (Å²) in [7, 11) is 0. The molecule has 2 aromatic rings. The van der Waals surface area contributed by atoms with E-state index in [4.69, 9.17) is 5.11 Å². The van der Waals surface area contributed by atoms with E-state index in [2.05, 4.69) is 5.32 Å². The Morgan fingerprint density at radius 1 is 1.11 bits per heavy atom. The normalized spacial score (nSPS) is 16.4. The number of carbonyl (C=O) groups is 4. The highest BCUT2D eigenvalue weighted by Crippen LogP contribution is 2.35. The lowest BCUT2D eigenvalue weighted by molar-refractivity contribution is -0.121. The van der Waals surface area contributed by atoms with Crippen molar-refractivity contribution >= 4 is 46.2 Å². The fraction of sp³-hybridized carbons (Fsp3) is 0.200. The number of hydrogen-bond donors (Lipinski definition) is 2. The van der Waals surface area contributed by atoms with Gasteiger partial charge in [0.1, 0.15) is 5.25 Å². The van der Waals surface area contributed by atoms with Gasteiger partial charge in [0.25, 0.3) is 5.24 Å². The van der Waals surface area contributed by atoms with Crippen LogP contribution in [-0.2, 0) is 9.59 Å². The predicted octanol–water partition coefficient (Wildman–Crippen LogP) is 3.60. The second-order valence-electron chi connectivity index (χ2n) is 6.47. The van der Waals surface area contributed by atoms with E-state index in [-0.39, 0.29) is 12.0 Å². The first-order chi connectivity index (χ1) is 13.3. The molecule has 1 atom stereocenters. The Hall–Kier alpha value is -3.13. The highest BCUT2D eigenvalue weighted by atomic mass is 32.2. The van der Waals surface area contributed by atoms with Crippen molar-refractivity contribution < 1.29 is 24.3 Å². The summed E-state index contributed by atoms with van der Waals surface area (Å²) >= 11 is 0.835. The highest BCUT2D eigenvalue weighted by Gasteiger charge is 2.42. The second-order valence-corrected chi connectivity index (χ2v) is 7.62. The Labute approximate surface area is 165 Å². The molecule has 1 aliphatic heterocycles. The van der Waals surface area contributed by atoms with E-state index in [1.165, 1.54) is 24.3 Å². The second kappa shape index (κ2) is 7.85. The van der Waals surface area contributed by atoms with Gasteiger partial charge >= 0.3 is 5.97 Å². The van der Waals surface area contributed by atoms with Crippen LogP contribution in [0.4, 0.5) is 16.2 Å². The maximum atomic E-state index is 12.7. The topological polar surface area (TPSA) is 104 Å². The van der Waals surface area contributed by atoms with Gasteiger partial charge in [-0.25, -0.2) is 9.69 Å². The number of nitrogens with zero attached hydrogens (tertiary/aromatic N) is 1. The third-order valence-electron chi connectivity index (χ3n) is 4.31. The molecule has 1 heterocycles. The Bertz CT molecular complexity index is 971. The third-order valence-corrected chi connectivity index (χ3v) is 5.35. The summed E-state index contributed by atoms with van der Waals surface area (Å²) in [6, 6.07) is 11.2. The molecule has 0 saturated carbocycles. The zero-order valence-corrected chi connectivity index (χ0v) is 16.1. The van der Waals surface area contributed by atoms with E-state index in [0.717, 1.165) is 27.8 Å². The molecule has 1 fully saturated rings. The van der Waals surface area contributed by atoms with Gasteiger partial charge in [-0.2, -0.15) is 0 Å². The average Bonchev–Trinajstić information content (AvgIpc) is 2.91. The highest BCUT2D eigenvalue weighted by molar-refractivity contribution is 8.15. The fourth-order valence-electron chi connectivity index (χ4n) is 2.84. The van der Waals surface area contributed by atoms with Crippen LogP contribution in [0.3, 0.4) is 0 Å². The third kappa shape index (κ3) is 4.07. The molecule has 8 heteroatoms. The molecule has 0 radical (unpaired) electrons. The van der Waals surface area contributed by atoms with Crippen LogP contribution in [0, 0.1) is 13.8 Å². The number of rotatable bonds is 5. The largest absolute Gasteiger partial charge is 0.478 e. The number of anilines is 2. The van der Waals surface area contributed by atoms with Gasteiger partial charge in [0.2, 0.25) is 11.8 Å². The lowest BCUT2D eigenvalue weighted by Crippen LogP contribution is -2.33. The molecule has 3 rings (SSSR count). The Morgan fingerprint density at radius 3 is 2.43 bits per heavy atom. The van der Waals surface area contributed by atoms with E-state index >= 15 is 0 Å². The van der Waals surface area contributed by atoms with Crippen LogP contribution in [0.5, 0.6) is 0 Å². The first-order valence-electron chi connectivity index (χ1n) is 8.51. The van der Waals surface area contributed by atoms with Gasteiger partial charge in [-0.1, -0.05) is 12.1 Å². The van der Waals surface area contributed by atoms with Crippen LogP contribution in [0.2, 0.25) is 0 Å². The maximum Gasteiger partial charge on any atom is 0.335 e. The first kappa shape index (κ1) is 19.6. The number of nitrogens with one attached hydrogen (secondary N) is 1. The number of aromatic carboxylic acids is 1. The van der Waals surface area contributed by atoms with Crippen LogP contribution < -0.4 is 10.2 Å². The molecular weight excluding hydrogens is 380 g/mol. The molecule has 2 N–H and O–H groups in total. The van der Waals surface area contributed by atoms with E-state index in [0.29, 0.717) is 11.4 Å². The first-order valence-corrected chi connectivity index (χ1v) is 9.39. The minimum atomic E-state index is -1.06. The number of imide groups is 1. The summed E-state index contributed by atoms with van der Waals surface area (Å²) < 4.78 is 0. The number of hydrogen-bond acceptors (Lipinski definition) is 5. The molecule has 3 amide bonds. The van der Waals surface area contributed by atoms with Crippen molar-refractivity contribution in [1.29, 1.82) is 0 Å². The summed E-state index contributed by atoms with van der Waals surface area (Å²) in [5.41, 5.74) is 2.79. The van der Waals surface area contributed by atoms with Gasteiger partial charge in [0, 0.05) is 12.1 Å². The van der Waals surface area contributed by atoms with Crippen molar-refractivity contribution in [2.45, 2.75) is 25.5 Å². The van der Waals surface area contributed by atoms with Gasteiger partial charge in [0.15, 0.2) is 0 Å². The molecule has 28 heavy (non-hydrogen) atoms. The van der Waals surface area contributed by atoms with Crippen molar-refractivity contribution in [2.75, 3.05) is 10.2 Å². The lowest BCUT2D eigenvalue weighted by atomic mass is 10.1. The van der Waals surface area contributed by atoms with Crippen LogP contribution >= 0.6 is 11.8 Å². The molecule has 1 saturated heterocycles. The number of carboxylic acid groups (broad SMARTS) is 1. The molecule has 1 aliphatic rings. The number of carboxylic acids is 1. The smallest absolute Gasteiger partial charge is 0.335 e. The molecule has 1 unspecified atom stereocenters. The summed E-state index contributed by atoms with van der Waals surface area (Å²) in [5.74, 6) is -1.90. The summed E-state index contributed by atoms with van der Waals surface area (Å²) in [4.78, 5) is 49.4. The quantitative estimate of drug-likeness (QED) is 0.798. The van der Waals surface area contributed by atoms with Gasteiger partial charge in [-0.15, -0.1) is 0 Å². The van der Waals surface area contributed by atoms with Crippen molar-refractivity contribution in [1.82, 2.24) is 0 Å². The Balaban J connectivity index is 1.68. The fourth-order valence-corrected chi connectivity index (χ4v) is 3.82. The molecule has 0 spiro atoms. The molecule has 7 nitrogen and oxygen atoms in total. The average molecular weight is 398 g/mol. The SMILES string of the molecule is Cc1ccc(C)c(N2C(=O)SC(CC(=O)Nc3ccc(C(=O)O)cc3)C2=O)c1. The van der Waals surface area contributed by atoms with Crippen molar-refractivity contribution in [3.63, 3.8) is 0 Å². The number of benzene rings is 2. The van der Waals surface area contributed by atoms with Gasteiger partial charge in [-0.3, -0.25) is 14.4 Å². The maximum absolute atomic E-state index is 12.7. The zero-order chi connectivity index (χ0) is 20.4. The van der Waals surface area contributed by atoms with E-state index in [1.54, 1.807) is 6.07 Å². The Morgan fingerprint density at radius 2 is 1.79 bits per heavy atom. The van der Waals surface area contributed by atoms with Crippen LogP contribution in [-0.4, -0.2) is 33.4 Å². The molecule has 0 bridgehead atoms. The minimum Gasteiger partial charge on any atom is -0.478 e. The zero-order valence-electron chi connectivity index (χ0n) is 15.3. The summed E-state index contributed by atoms with van der Waals surface area (Å²) in [5, 5.41) is 10.3. The lowest BCUT2D eigenvalue weighted by Gasteiger charge is -2.17. The van der Waals surface area contributed by atoms with Gasteiger partial charge in [0.05, 0.1) is 11.3 Å². The molecule has 0 aromatic heterocycles. The standard InChI is InChI=1S/C20H18N2O5S/c1-11-3-4-12(2)15(9-11)22-18(24)16(28-20(22)27)10-17(23)21-14-7-5-13(6-8-14)19(25)26/h3-9,16H,10H2,1-2H3,(H,21,23)(H,25,26). The number of aryl methyl sites for hydroxylation is 2. The Kier molecular flexibility index (Phi) is 5.51. The number of carbonyl (C=O) groups excluding carboxylic acids is 3. The van der Waals surface area contributed by atoms with Crippen molar-refractivity contribution in [2.24, 2.45) is 0 Å². The monoisotopic (exact) mass is 398 g/mol. The van der Waals surface area contributed by atoms with Gasteiger partial charge < -0.3 is 10.4 Å². The minimum absolute atomic E-state index is 0.106.